The van der Waals surface area contributed by atoms with Crippen LogP contribution in [0.4, 0.5) is 4.79 Å². The predicted octanol–water partition coefficient (Wildman–Crippen LogP) is 6.09. The molecule has 2 fully saturated rings. The standard InChI is InChI=1S/C22H28INO4S/c1-4-27-18-11-16(10-17(23)20(18)28-14(2)3)12-19-21(25)24(22(26)29-19)13-15-8-6-5-7-9-15/h10-12,14-15H,4-9,13H2,1-3H3/b19-12+. The van der Waals surface area contributed by atoms with Crippen molar-refractivity contribution < 1.29 is 19.1 Å². The molecule has 5 nitrogen and oxygen atoms in total. The largest absolute Gasteiger partial charge is 0.490 e. The maximum atomic E-state index is 12.9. The summed E-state index contributed by atoms with van der Waals surface area (Å²) in [6.07, 6.45) is 7.68. The highest BCUT2D eigenvalue weighted by molar-refractivity contribution is 14.1. The molecule has 1 aromatic rings. The van der Waals surface area contributed by atoms with Gasteiger partial charge in [-0.15, -0.1) is 0 Å². The van der Waals surface area contributed by atoms with E-state index in [9.17, 15) is 9.59 Å². The van der Waals surface area contributed by atoms with Crippen molar-refractivity contribution >= 4 is 51.6 Å². The lowest BCUT2D eigenvalue weighted by molar-refractivity contribution is -0.123. The summed E-state index contributed by atoms with van der Waals surface area (Å²) in [5, 5.41) is -0.161. The highest BCUT2D eigenvalue weighted by Gasteiger charge is 2.36. The Morgan fingerprint density at radius 1 is 1.24 bits per heavy atom. The first-order valence-electron chi connectivity index (χ1n) is 10.3. The molecule has 0 bridgehead atoms. The number of hydrogen-bond donors (Lipinski definition) is 0. The monoisotopic (exact) mass is 529 g/mol. The molecule has 29 heavy (non-hydrogen) atoms. The number of ether oxygens (including phenoxy) is 2. The molecule has 1 saturated carbocycles. The third-order valence-electron chi connectivity index (χ3n) is 5.02. The van der Waals surface area contributed by atoms with Gasteiger partial charge in [0, 0.05) is 6.54 Å². The van der Waals surface area contributed by atoms with Crippen molar-refractivity contribution in [3.05, 3.63) is 26.2 Å². The number of rotatable bonds is 7. The van der Waals surface area contributed by atoms with Crippen molar-refractivity contribution in [3.63, 3.8) is 0 Å². The number of thioether (sulfide) groups is 1. The number of nitrogens with zero attached hydrogens (tertiary/aromatic N) is 1. The van der Waals surface area contributed by atoms with E-state index in [0.717, 1.165) is 33.7 Å². The smallest absolute Gasteiger partial charge is 0.293 e. The average Bonchev–Trinajstić information content (AvgIpc) is 2.93. The van der Waals surface area contributed by atoms with Gasteiger partial charge in [-0.1, -0.05) is 19.3 Å². The molecule has 2 amide bonds. The van der Waals surface area contributed by atoms with Crippen LogP contribution in [-0.4, -0.2) is 35.3 Å². The van der Waals surface area contributed by atoms with Crippen LogP contribution in [0.25, 0.3) is 6.08 Å². The third-order valence-corrected chi connectivity index (χ3v) is 6.73. The van der Waals surface area contributed by atoms with E-state index >= 15 is 0 Å². The Labute approximate surface area is 190 Å². The fourth-order valence-electron chi connectivity index (χ4n) is 3.72. The van der Waals surface area contributed by atoms with Crippen molar-refractivity contribution in [2.24, 2.45) is 5.92 Å². The number of amides is 2. The quantitative estimate of drug-likeness (QED) is 0.316. The minimum Gasteiger partial charge on any atom is -0.490 e. The van der Waals surface area contributed by atoms with E-state index in [4.69, 9.17) is 9.47 Å². The molecule has 0 aromatic heterocycles. The van der Waals surface area contributed by atoms with Gasteiger partial charge in [0.25, 0.3) is 11.1 Å². The van der Waals surface area contributed by atoms with Crippen LogP contribution in [0.3, 0.4) is 0 Å². The Morgan fingerprint density at radius 3 is 2.62 bits per heavy atom. The summed E-state index contributed by atoms with van der Waals surface area (Å²) in [6.45, 7) is 6.94. The highest BCUT2D eigenvalue weighted by atomic mass is 127. The lowest BCUT2D eigenvalue weighted by Gasteiger charge is -2.25. The van der Waals surface area contributed by atoms with Crippen LogP contribution in [0.2, 0.25) is 0 Å². The molecule has 0 atom stereocenters. The number of carbonyl (C=O) groups excluding carboxylic acids is 2. The summed E-state index contributed by atoms with van der Waals surface area (Å²) < 4.78 is 12.6. The molecule has 1 saturated heterocycles. The van der Waals surface area contributed by atoms with E-state index in [0.29, 0.717) is 35.5 Å². The highest BCUT2D eigenvalue weighted by Crippen LogP contribution is 2.38. The molecule has 1 aliphatic heterocycles. The topological polar surface area (TPSA) is 55.8 Å². The van der Waals surface area contributed by atoms with Crippen LogP contribution >= 0.6 is 34.4 Å². The van der Waals surface area contributed by atoms with Gasteiger partial charge in [-0.05, 0) is 97.7 Å². The molecular formula is C22H28INO4S. The lowest BCUT2D eigenvalue weighted by Crippen LogP contribution is -2.34. The summed E-state index contributed by atoms with van der Waals surface area (Å²) in [5.74, 6) is 1.63. The Hall–Kier alpha value is -1.22. The molecule has 0 N–H and O–H groups in total. The minimum absolute atomic E-state index is 0.0323. The normalized spacial score (nSPS) is 19.5. The zero-order chi connectivity index (χ0) is 21.0. The van der Waals surface area contributed by atoms with Gasteiger partial charge in [0.15, 0.2) is 11.5 Å². The van der Waals surface area contributed by atoms with Crippen LogP contribution in [0.5, 0.6) is 11.5 Å². The van der Waals surface area contributed by atoms with Crippen molar-refractivity contribution in [3.8, 4) is 11.5 Å². The molecule has 0 unspecified atom stereocenters. The summed E-state index contributed by atoms with van der Waals surface area (Å²) in [6, 6.07) is 3.83. The summed E-state index contributed by atoms with van der Waals surface area (Å²) in [5.41, 5.74) is 0.831. The van der Waals surface area contributed by atoms with E-state index in [2.05, 4.69) is 22.6 Å². The molecule has 1 aromatic carbocycles. The van der Waals surface area contributed by atoms with Crippen molar-refractivity contribution in [2.45, 2.75) is 59.0 Å². The van der Waals surface area contributed by atoms with E-state index in [1.807, 2.05) is 32.9 Å². The van der Waals surface area contributed by atoms with E-state index in [-0.39, 0.29) is 17.3 Å². The molecule has 2 aliphatic rings. The Kier molecular flexibility index (Phi) is 7.90. The molecular weight excluding hydrogens is 501 g/mol. The van der Waals surface area contributed by atoms with E-state index in [1.165, 1.54) is 24.2 Å². The number of benzene rings is 1. The number of halogens is 1. The molecule has 158 valence electrons. The fourth-order valence-corrected chi connectivity index (χ4v) is 5.32. The van der Waals surface area contributed by atoms with Gasteiger partial charge in [0.1, 0.15) is 0 Å². The van der Waals surface area contributed by atoms with Crippen molar-refractivity contribution in [1.82, 2.24) is 4.90 Å². The van der Waals surface area contributed by atoms with E-state index in [1.54, 1.807) is 6.08 Å². The van der Waals surface area contributed by atoms with Gasteiger partial charge in [-0.25, -0.2) is 0 Å². The second-order valence-corrected chi connectivity index (χ2v) is 9.88. The van der Waals surface area contributed by atoms with Crippen LogP contribution < -0.4 is 9.47 Å². The zero-order valence-electron chi connectivity index (χ0n) is 17.2. The van der Waals surface area contributed by atoms with Crippen LogP contribution in [0.1, 0.15) is 58.4 Å². The molecule has 7 heteroatoms. The minimum atomic E-state index is -0.180. The van der Waals surface area contributed by atoms with Crippen LogP contribution in [0, 0.1) is 9.49 Å². The van der Waals surface area contributed by atoms with Gasteiger partial charge in [0.05, 0.1) is 21.2 Å². The Morgan fingerprint density at radius 2 is 1.97 bits per heavy atom. The predicted molar refractivity (Wildman–Crippen MR) is 125 cm³/mol. The Bertz CT molecular complexity index is 802. The first-order chi connectivity index (χ1) is 13.9. The summed E-state index contributed by atoms with van der Waals surface area (Å²) in [4.78, 5) is 27.2. The Balaban J connectivity index is 1.81. The third kappa shape index (κ3) is 5.69. The number of hydrogen-bond acceptors (Lipinski definition) is 5. The van der Waals surface area contributed by atoms with Crippen molar-refractivity contribution in [1.29, 1.82) is 0 Å². The number of imide groups is 1. The van der Waals surface area contributed by atoms with E-state index < -0.39 is 0 Å². The molecule has 0 radical (unpaired) electrons. The van der Waals surface area contributed by atoms with Gasteiger partial charge in [-0.2, -0.15) is 0 Å². The SMILES string of the molecule is CCOc1cc(/C=C2/SC(=O)N(CC3CCCCC3)C2=O)cc(I)c1OC(C)C. The summed E-state index contributed by atoms with van der Waals surface area (Å²) >= 11 is 3.25. The zero-order valence-corrected chi connectivity index (χ0v) is 20.2. The van der Waals surface area contributed by atoms with Gasteiger partial charge in [0.2, 0.25) is 0 Å². The van der Waals surface area contributed by atoms with Crippen molar-refractivity contribution in [2.75, 3.05) is 13.2 Å². The maximum Gasteiger partial charge on any atom is 0.293 e. The van der Waals surface area contributed by atoms with Crippen LogP contribution in [0.15, 0.2) is 17.0 Å². The molecule has 0 spiro atoms. The van der Waals surface area contributed by atoms with Gasteiger partial charge < -0.3 is 9.47 Å². The molecule has 1 aliphatic carbocycles. The van der Waals surface area contributed by atoms with Gasteiger partial charge >= 0.3 is 0 Å². The average molecular weight is 529 g/mol. The summed E-state index contributed by atoms with van der Waals surface area (Å²) in [7, 11) is 0. The van der Waals surface area contributed by atoms with Crippen LogP contribution in [-0.2, 0) is 4.79 Å². The molecule has 3 rings (SSSR count). The molecule has 1 heterocycles. The fraction of sp³-hybridized carbons (Fsp3) is 0.545. The second kappa shape index (κ2) is 10.2. The number of carbonyl (C=O) groups is 2. The second-order valence-electron chi connectivity index (χ2n) is 7.73. The first-order valence-corrected chi connectivity index (χ1v) is 12.2. The lowest BCUT2D eigenvalue weighted by atomic mass is 9.89. The van der Waals surface area contributed by atoms with Gasteiger partial charge in [-0.3, -0.25) is 14.5 Å². The maximum absolute atomic E-state index is 12.9. The first kappa shape index (κ1) is 22.5.